The highest BCUT2D eigenvalue weighted by Crippen LogP contribution is 2.28. The highest BCUT2D eigenvalue weighted by Gasteiger charge is 2.36. The van der Waals surface area contributed by atoms with E-state index in [2.05, 4.69) is 41.4 Å². The van der Waals surface area contributed by atoms with Crippen molar-refractivity contribution >= 4 is 5.91 Å². The van der Waals surface area contributed by atoms with Crippen LogP contribution in [0, 0.1) is 0 Å². The zero-order valence-electron chi connectivity index (χ0n) is 12.3. The summed E-state index contributed by atoms with van der Waals surface area (Å²) in [5, 5.41) is 3.42. The first-order chi connectivity index (χ1) is 9.79. The van der Waals surface area contributed by atoms with Gasteiger partial charge in [0.15, 0.2) is 0 Å². The molecule has 2 aliphatic rings. The molecule has 3 heteroatoms. The minimum Gasteiger partial charge on any atom is -0.338 e. The molecule has 1 aliphatic heterocycles. The largest absolute Gasteiger partial charge is 0.338 e. The molecule has 1 amide bonds. The first-order valence-corrected chi connectivity index (χ1v) is 7.90. The Morgan fingerprint density at radius 2 is 2.05 bits per heavy atom. The molecule has 20 heavy (non-hydrogen) atoms. The quantitative estimate of drug-likeness (QED) is 0.893. The summed E-state index contributed by atoms with van der Waals surface area (Å²) in [4.78, 5) is 14.9. The fourth-order valence-corrected chi connectivity index (χ4v) is 3.02. The van der Waals surface area contributed by atoms with Crippen molar-refractivity contribution in [1.82, 2.24) is 10.2 Å². The molecular formula is C17H24N2O. The van der Waals surface area contributed by atoms with Crippen molar-refractivity contribution in [3.63, 3.8) is 0 Å². The lowest BCUT2D eigenvalue weighted by Gasteiger charge is -2.31. The van der Waals surface area contributed by atoms with Crippen LogP contribution in [0.2, 0.25) is 0 Å². The van der Waals surface area contributed by atoms with Crippen molar-refractivity contribution in [1.29, 1.82) is 0 Å². The van der Waals surface area contributed by atoms with Gasteiger partial charge in [0.2, 0.25) is 5.91 Å². The Morgan fingerprint density at radius 1 is 1.30 bits per heavy atom. The molecule has 0 unspecified atom stereocenters. The van der Waals surface area contributed by atoms with E-state index in [4.69, 9.17) is 0 Å². The lowest BCUT2D eigenvalue weighted by atomic mass is 9.95. The normalized spacial score (nSPS) is 21.4. The molecular weight excluding hydrogens is 248 g/mol. The van der Waals surface area contributed by atoms with Crippen molar-refractivity contribution in [3.05, 3.63) is 35.4 Å². The summed E-state index contributed by atoms with van der Waals surface area (Å²) in [5.41, 5.74) is 2.67. The molecule has 1 fully saturated rings. The van der Waals surface area contributed by atoms with E-state index >= 15 is 0 Å². The second-order valence-corrected chi connectivity index (χ2v) is 6.02. The zero-order valence-corrected chi connectivity index (χ0v) is 12.3. The van der Waals surface area contributed by atoms with Gasteiger partial charge in [-0.1, -0.05) is 37.6 Å². The molecule has 3 rings (SSSR count). The molecule has 1 atom stereocenters. The van der Waals surface area contributed by atoms with Crippen LogP contribution < -0.4 is 5.32 Å². The van der Waals surface area contributed by atoms with Gasteiger partial charge < -0.3 is 10.2 Å². The third-order valence-electron chi connectivity index (χ3n) is 4.40. The Kier molecular flexibility index (Phi) is 4.06. The Bertz CT molecular complexity index is 482. The van der Waals surface area contributed by atoms with Crippen LogP contribution in [0.15, 0.2) is 24.3 Å². The minimum atomic E-state index is -0.0256. The van der Waals surface area contributed by atoms with Crippen LogP contribution in [0.1, 0.15) is 43.7 Å². The predicted molar refractivity (Wildman–Crippen MR) is 80.4 cm³/mol. The van der Waals surface area contributed by atoms with Gasteiger partial charge in [-0.3, -0.25) is 4.79 Å². The Balaban J connectivity index is 1.68. The van der Waals surface area contributed by atoms with Crippen LogP contribution in [0.3, 0.4) is 0 Å². The summed E-state index contributed by atoms with van der Waals surface area (Å²) >= 11 is 0. The summed E-state index contributed by atoms with van der Waals surface area (Å²) in [6.07, 6.45) is 5.49. The maximum absolute atomic E-state index is 12.8. The van der Waals surface area contributed by atoms with Gasteiger partial charge in [-0.25, -0.2) is 0 Å². The number of hydrogen-bond donors (Lipinski definition) is 1. The van der Waals surface area contributed by atoms with Crippen molar-refractivity contribution in [2.45, 2.75) is 57.7 Å². The molecule has 1 N–H and O–H groups in total. The van der Waals surface area contributed by atoms with Gasteiger partial charge in [0.1, 0.15) is 0 Å². The summed E-state index contributed by atoms with van der Waals surface area (Å²) in [6, 6.07) is 8.94. The van der Waals surface area contributed by atoms with Crippen LogP contribution in [-0.2, 0) is 17.8 Å². The average molecular weight is 272 g/mol. The Labute approximate surface area is 121 Å². The molecule has 1 aliphatic carbocycles. The maximum Gasteiger partial charge on any atom is 0.240 e. The SMILES string of the molecule is CCCCN(C(=O)[C@@H]1Cc2ccccc2CN1)C1CC1. The van der Waals surface area contributed by atoms with E-state index in [9.17, 15) is 4.79 Å². The lowest BCUT2D eigenvalue weighted by Crippen LogP contribution is -2.50. The van der Waals surface area contributed by atoms with Crippen molar-refractivity contribution in [3.8, 4) is 0 Å². The topological polar surface area (TPSA) is 32.3 Å². The molecule has 1 aromatic rings. The highest BCUT2D eigenvalue weighted by molar-refractivity contribution is 5.83. The minimum absolute atomic E-state index is 0.0256. The number of hydrogen-bond acceptors (Lipinski definition) is 2. The van der Waals surface area contributed by atoms with Gasteiger partial charge in [-0.05, 0) is 36.8 Å². The van der Waals surface area contributed by atoms with Crippen LogP contribution in [0.5, 0.6) is 0 Å². The van der Waals surface area contributed by atoms with Crippen LogP contribution in [0.4, 0.5) is 0 Å². The third kappa shape index (κ3) is 2.88. The van der Waals surface area contributed by atoms with Crippen molar-refractivity contribution in [2.24, 2.45) is 0 Å². The fraction of sp³-hybridized carbons (Fsp3) is 0.588. The second kappa shape index (κ2) is 5.96. The molecule has 1 aromatic carbocycles. The van der Waals surface area contributed by atoms with Gasteiger partial charge in [-0.2, -0.15) is 0 Å². The molecule has 108 valence electrons. The first kappa shape index (κ1) is 13.6. The molecule has 0 bridgehead atoms. The van der Waals surface area contributed by atoms with E-state index in [0.717, 1.165) is 32.4 Å². The first-order valence-electron chi connectivity index (χ1n) is 7.90. The monoisotopic (exact) mass is 272 g/mol. The van der Waals surface area contributed by atoms with E-state index < -0.39 is 0 Å². The number of nitrogens with zero attached hydrogens (tertiary/aromatic N) is 1. The van der Waals surface area contributed by atoms with Gasteiger partial charge in [0.25, 0.3) is 0 Å². The van der Waals surface area contributed by atoms with Gasteiger partial charge in [0.05, 0.1) is 6.04 Å². The number of carbonyl (C=O) groups is 1. The van der Waals surface area contributed by atoms with E-state index in [1.807, 2.05) is 0 Å². The van der Waals surface area contributed by atoms with Gasteiger partial charge >= 0.3 is 0 Å². The van der Waals surface area contributed by atoms with Crippen LogP contribution >= 0.6 is 0 Å². The summed E-state index contributed by atoms with van der Waals surface area (Å²) in [6.45, 7) is 3.93. The lowest BCUT2D eigenvalue weighted by molar-refractivity contribution is -0.134. The number of rotatable bonds is 5. The summed E-state index contributed by atoms with van der Waals surface area (Å²) < 4.78 is 0. The molecule has 0 aromatic heterocycles. The third-order valence-corrected chi connectivity index (χ3v) is 4.40. The van der Waals surface area contributed by atoms with E-state index in [1.165, 1.54) is 24.0 Å². The predicted octanol–water partition coefficient (Wildman–Crippen LogP) is 2.49. The highest BCUT2D eigenvalue weighted by atomic mass is 16.2. The number of fused-ring (bicyclic) bond motifs is 1. The van der Waals surface area contributed by atoms with Crippen molar-refractivity contribution < 1.29 is 4.79 Å². The molecule has 0 spiro atoms. The second-order valence-electron chi connectivity index (χ2n) is 6.02. The van der Waals surface area contributed by atoms with E-state index in [1.54, 1.807) is 0 Å². The smallest absolute Gasteiger partial charge is 0.240 e. The Morgan fingerprint density at radius 3 is 2.75 bits per heavy atom. The molecule has 1 heterocycles. The summed E-state index contributed by atoms with van der Waals surface area (Å²) in [7, 11) is 0. The molecule has 1 saturated carbocycles. The van der Waals surface area contributed by atoms with Gasteiger partial charge in [0, 0.05) is 19.1 Å². The number of unbranched alkanes of at least 4 members (excludes halogenated alkanes) is 1. The number of nitrogens with one attached hydrogen (secondary N) is 1. The van der Waals surface area contributed by atoms with Crippen LogP contribution in [-0.4, -0.2) is 29.4 Å². The fourth-order valence-electron chi connectivity index (χ4n) is 3.02. The van der Waals surface area contributed by atoms with E-state index in [0.29, 0.717) is 11.9 Å². The van der Waals surface area contributed by atoms with Crippen LogP contribution in [0.25, 0.3) is 0 Å². The number of carbonyl (C=O) groups excluding carboxylic acids is 1. The number of benzene rings is 1. The molecule has 0 saturated heterocycles. The van der Waals surface area contributed by atoms with Crippen molar-refractivity contribution in [2.75, 3.05) is 6.54 Å². The summed E-state index contributed by atoms with van der Waals surface area (Å²) in [5.74, 6) is 0.315. The zero-order chi connectivity index (χ0) is 13.9. The molecule has 3 nitrogen and oxygen atoms in total. The average Bonchev–Trinajstić information content (AvgIpc) is 3.32. The van der Waals surface area contributed by atoms with Gasteiger partial charge in [-0.15, -0.1) is 0 Å². The van der Waals surface area contributed by atoms with E-state index in [-0.39, 0.29) is 6.04 Å². The molecule has 0 radical (unpaired) electrons. The standard InChI is InChI=1S/C17H24N2O/c1-2-3-10-19(15-8-9-15)17(20)16-11-13-6-4-5-7-14(13)12-18-16/h4-7,15-16,18H,2-3,8-12H2,1H3/t16-/m0/s1. The number of amides is 1. The maximum atomic E-state index is 12.8. The Hall–Kier alpha value is -1.35.